The summed E-state index contributed by atoms with van der Waals surface area (Å²) in [5.41, 5.74) is 18.5. The third-order valence-electron chi connectivity index (χ3n) is 15.1. The molecule has 9 unspecified atom stereocenters. The first-order chi connectivity index (χ1) is 31.1. The van der Waals surface area contributed by atoms with Crippen LogP contribution in [0.2, 0.25) is 0 Å². The second kappa shape index (κ2) is 26.9. The number of amides is 4. The van der Waals surface area contributed by atoms with Crippen molar-refractivity contribution in [3.63, 3.8) is 0 Å². The maximum absolute atomic E-state index is 13.0. The van der Waals surface area contributed by atoms with Crippen LogP contribution in [0.4, 0.5) is 4.79 Å². The van der Waals surface area contributed by atoms with Gasteiger partial charge in [0, 0.05) is 52.6 Å². The lowest BCUT2D eigenvalue weighted by Crippen LogP contribution is -2.51. The number of nitrogens with zero attached hydrogens (tertiary/aromatic N) is 2. The Hall–Kier alpha value is -4.12. The lowest BCUT2D eigenvalue weighted by Gasteiger charge is -2.58. The molecule has 9 atom stereocenters. The van der Waals surface area contributed by atoms with Crippen molar-refractivity contribution in [2.45, 2.75) is 143 Å². The summed E-state index contributed by atoms with van der Waals surface area (Å²) in [5, 5.41) is 14.0. The molecule has 0 aromatic heterocycles. The zero-order valence-corrected chi connectivity index (χ0v) is 40.7. The van der Waals surface area contributed by atoms with E-state index in [1.165, 1.54) is 56.9 Å². The number of nitrogens with two attached hydrogens (primary N) is 3. The maximum atomic E-state index is 13.0. The van der Waals surface area contributed by atoms with Crippen LogP contribution in [0.1, 0.15) is 131 Å². The molecule has 0 aromatic carbocycles. The van der Waals surface area contributed by atoms with E-state index in [4.69, 9.17) is 31.4 Å². The van der Waals surface area contributed by atoms with Crippen LogP contribution in [0, 0.1) is 46.3 Å². The Morgan fingerprint density at radius 2 is 1.55 bits per heavy atom. The Labute approximate surface area is 389 Å². The van der Waals surface area contributed by atoms with Gasteiger partial charge in [-0.15, -0.1) is 0 Å². The predicted molar refractivity (Wildman–Crippen MR) is 256 cm³/mol. The second-order valence-electron chi connectivity index (χ2n) is 20.0. The molecule has 17 heteroatoms. The number of allylic oxidation sites excluding steroid dienone is 1. The van der Waals surface area contributed by atoms with Crippen LogP contribution in [0.25, 0.3) is 0 Å². The molecule has 0 spiro atoms. The zero-order valence-electron chi connectivity index (χ0n) is 40.7. The van der Waals surface area contributed by atoms with Crippen molar-refractivity contribution in [1.29, 1.82) is 0 Å². The molecule has 0 bridgehead atoms. The third kappa shape index (κ3) is 16.6. The van der Waals surface area contributed by atoms with Gasteiger partial charge in [0.25, 0.3) is 0 Å². The standard InChI is InChI=1S/C48H86N10O7/c1-32(2)10-7-11-33(3)37-14-15-38-36-13-12-34-30-35(18-20-47(34,4)39(36)19-21-48(37,38)5)65-46(62)57-26-27-63-28-29-64-31-42(60)58-40(43(61)54-23-9-25-56-45(51)52-6)16-17-41(59)53-22-8-24-55-44(49)50/h12,32-33,35-40H,7-11,13-31H2,1-6H3,(H,53,59)(H,54,61)(H,57,62)(H,58,60)(H4,49,50,55)(H3,51,52,56). The van der Waals surface area contributed by atoms with Gasteiger partial charge >= 0.3 is 6.09 Å². The Morgan fingerprint density at radius 3 is 2.31 bits per heavy atom. The minimum atomic E-state index is -0.951. The molecule has 0 radical (unpaired) electrons. The average molecular weight is 915 g/mol. The molecule has 4 rings (SSSR count). The topological polar surface area (TPSA) is 259 Å². The number of nitrogens with one attached hydrogen (secondary N) is 5. The first-order valence-electron chi connectivity index (χ1n) is 24.7. The van der Waals surface area contributed by atoms with Crippen molar-refractivity contribution in [1.82, 2.24) is 26.6 Å². The van der Waals surface area contributed by atoms with E-state index < -0.39 is 23.9 Å². The normalized spacial score (nSPS) is 26.9. The quantitative estimate of drug-likeness (QED) is 0.0250. The van der Waals surface area contributed by atoms with Crippen LogP contribution in [0.5, 0.6) is 0 Å². The van der Waals surface area contributed by atoms with Gasteiger partial charge < -0.3 is 58.0 Å². The molecule has 0 aliphatic heterocycles. The van der Waals surface area contributed by atoms with E-state index >= 15 is 0 Å². The number of ether oxygens (including phenoxy) is 3. The largest absolute Gasteiger partial charge is 0.446 e. The van der Waals surface area contributed by atoms with Gasteiger partial charge in [0.2, 0.25) is 17.7 Å². The minimum Gasteiger partial charge on any atom is -0.446 e. The fourth-order valence-electron chi connectivity index (χ4n) is 11.7. The minimum absolute atomic E-state index is 0.0137. The molecule has 11 N–H and O–H groups in total. The Kier molecular flexibility index (Phi) is 22.1. The molecule has 4 aliphatic carbocycles. The number of hydrogen-bond acceptors (Lipinski definition) is 9. The Morgan fingerprint density at radius 1 is 0.800 bits per heavy atom. The smallest absolute Gasteiger partial charge is 0.407 e. The van der Waals surface area contributed by atoms with Crippen LogP contribution >= 0.6 is 0 Å². The predicted octanol–water partition coefficient (Wildman–Crippen LogP) is 4.24. The molecular formula is C48H86N10O7. The van der Waals surface area contributed by atoms with E-state index in [1.54, 1.807) is 7.05 Å². The van der Waals surface area contributed by atoms with E-state index in [1.807, 2.05) is 0 Å². The third-order valence-corrected chi connectivity index (χ3v) is 15.1. The van der Waals surface area contributed by atoms with Crippen molar-refractivity contribution in [3.8, 4) is 0 Å². The fraction of sp³-hybridized carbons (Fsp3) is 0.833. The SMILES string of the molecule is CN=C(N)NCCCNC(=O)C(CCC(=O)NCCCN=C(N)N)NC(=O)COCCOCCNC(=O)OC1CCC2(C)C(=CCC3C2CCC2(C)C(C(C)CCCC(C)C)CCC32)C1. The van der Waals surface area contributed by atoms with Gasteiger partial charge in [-0.25, -0.2) is 4.79 Å². The highest BCUT2D eigenvalue weighted by atomic mass is 16.6. The first-order valence-corrected chi connectivity index (χ1v) is 24.7. The average Bonchev–Trinajstić information content (AvgIpc) is 3.62. The summed E-state index contributed by atoms with van der Waals surface area (Å²) in [6.45, 7) is 14.5. The highest BCUT2D eigenvalue weighted by molar-refractivity contribution is 5.88. The number of carbonyl (C=O) groups excluding carboxylic acids is 4. The number of hydrogen-bond donors (Lipinski definition) is 8. The molecule has 0 aromatic rings. The van der Waals surface area contributed by atoms with Crippen molar-refractivity contribution in [2.24, 2.45) is 73.5 Å². The summed E-state index contributed by atoms with van der Waals surface area (Å²) in [6.07, 6.45) is 16.7. The summed E-state index contributed by atoms with van der Waals surface area (Å²) in [5.74, 6) is 3.86. The lowest BCUT2D eigenvalue weighted by molar-refractivity contribution is -0.132. The summed E-state index contributed by atoms with van der Waals surface area (Å²) in [7, 11) is 1.57. The number of alkyl carbamates (subject to hydrolysis) is 1. The maximum Gasteiger partial charge on any atom is 0.407 e. The molecule has 17 nitrogen and oxygen atoms in total. The van der Waals surface area contributed by atoms with Crippen LogP contribution < -0.4 is 43.8 Å². The summed E-state index contributed by atoms with van der Waals surface area (Å²) >= 11 is 0. The molecule has 3 fully saturated rings. The van der Waals surface area contributed by atoms with Gasteiger partial charge in [0.15, 0.2) is 11.9 Å². The van der Waals surface area contributed by atoms with E-state index in [-0.39, 0.29) is 69.2 Å². The number of carbonyl (C=O) groups is 4. The van der Waals surface area contributed by atoms with Gasteiger partial charge in [-0.2, -0.15) is 0 Å². The number of rotatable bonds is 27. The van der Waals surface area contributed by atoms with E-state index in [0.29, 0.717) is 50.4 Å². The Balaban J connectivity index is 1.11. The highest BCUT2D eigenvalue weighted by Gasteiger charge is 2.59. The van der Waals surface area contributed by atoms with Crippen LogP contribution in [-0.2, 0) is 28.6 Å². The molecule has 0 heterocycles. The first kappa shape index (κ1) is 53.5. The van der Waals surface area contributed by atoms with E-state index in [9.17, 15) is 19.2 Å². The monoisotopic (exact) mass is 915 g/mol. The molecule has 3 saturated carbocycles. The second-order valence-corrected chi connectivity index (χ2v) is 20.0. The van der Waals surface area contributed by atoms with Crippen molar-refractivity contribution in [3.05, 3.63) is 11.6 Å². The number of aliphatic imine (C=N–C) groups is 2. The molecule has 0 saturated heterocycles. The van der Waals surface area contributed by atoms with Crippen LogP contribution in [0.15, 0.2) is 21.6 Å². The van der Waals surface area contributed by atoms with Gasteiger partial charge in [-0.3, -0.25) is 24.4 Å². The molecule has 4 amide bonds. The van der Waals surface area contributed by atoms with E-state index in [0.717, 1.165) is 54.8 Å². The highest BCUT2D eigenvalue weighted by Crippen LogP contribution is 2.67. The Bertz CT molecular complexity index is 1620. The van der Waals surface area contributed by atoms with E-state index in [2.05, 4.69) is 77.3 Å². The lowest BCUT2D eigenvalue weighted by atomic mass is 9.47. The number of guanidine groups is 2. The zero-order chi connectivity index (χ0) is 47.4. The summed E-state index contributed by atoms with van der Waals surface area (Å²) < 4.78 is 17.0. The molecule has 370 valence electrons. The number of fused-ring (bicyclic) bond motifs is 5. The van der Waals surface area contributed by atoms with Crippen LogP contribution in [-0.4, -0.2) is 114 Å². The van der Waals surface area contributed by atoms with Gasteiger partial charge in [-0.05, 0) is 111 Å². The van der Waals surface area contributed by atoms with Crippen molar-refractivity contribution < 1.29 is 33.4 Å². The molecule has 4 aliphatic rings. The molecule has 65 heavy (non-hydrogen) atoms. The van der Waals surface area contributed by atoms with Crippen LogP contribution in [0.3, 0.4) is 0 Å². The van der Waals surface area contributed by atoms with Gasteiger partial charge in [0.1, 0.15) is 18.8 Å². The van der Waals surface area contributed by atoms with Gasteiger partial charge in [0.05, 0.1) is 19.8 Å². The van der Waals surface area contributed by atoms with Crippen molar-refractivity contribution >= 4 is 35.7 Å². The fourth-order valence-corrected chi connectivity index (χ4v) is 11.7. The summed E-state index contributed by atoms with van der Waals surface area (Å²) in [6, 6.07) is -0.951. The molecular weight excluding hydrogens is 829 g/mol. The van der Waals surface area contributed by atoms with Gasteiger partial charge in [-0.1, -0.05) is 65.5 Å². The van der Waals surface area contributed by atoms with Crippen molar-refractivity contribution in [2.75, 3.05) is 66.2 Å². The summed E-state index contributed by atoms with van der Waals surface area (Å²) in [4.78, 5) is 58.7.